The SMILES string of the molecule is Cc1cccc(N/N=C\C2=C(Cl)c3cc(Cl)ccc3SC2)c1. The first-order chi connectivity index (χ1) is 10.6. The predicted molar refractivity (Wildman–Crippen MR) is 98.2 cm³/mol. The van der Waals surface area contributed by atoms with Crippen molar-refractivity contribution in [1.29, 1.82) is 0 Å². The average Bonchev–Trinajstić information content (AvgIpc) is 2.50. The number of thioether (sulfide) groups is 1. The van der Waals surface area contributed by atoms with Gasteiger partial charge >= 0.3 is 0 Å². The highest BCUT2D eigenvalue weighted by molar-refractivity contribution is 7.99. The minimum atomic E-state index is 0.688. The van der Waals surface area contributed by atoms with Crippen molar-refractivity contribution in [2.75, 3.05) is 11.2 Å². The van der Waals surface area contributed by atoms with Crippen molar-refractivity contribution in [3.63, 3.8) is 0 Å². The van der Waals surface area contributed by atoms with E-state index in [1.807, 2.05) is 49.4 Å². The summed E-state index contributed by atoms with van der Waals surface area (Å²) in [6.07, 6.45) is 1.78. The van der Waals surface area contributed by atoms with Gasteiger partial charge in [0.1, 0.15) is 0 Å². The highest BCUT2D eigenvalue weighted by atomic mass is 35.5. The van der Waals surface area contributed by atoms with E-state index < -0.39 is 0 Å². The fraction of sp³-hybridized carbons (Fsp3) is 0.118. The molecule has 1 aliphatic rings. The van der Waals surface area contributed by atoms with Crippen LogP contribution in [0.15, 0.2) is 58.0 Å². The molecular formula is C17H14Cl2N2S. The monoisotopic (exact) mass is 348 g/mol. The zero-order chi connectivity index (χ0) is 15.5. The molecule has 1 aliphatic heterocycles. The quantitative estimate of drug-likeness (QED) is 0.559. The summed E-state index contributed by atoms with van der Waals surface area (Å²) >= 11 is 14.3. The lowest BCUT2D eigenvalue weighted by molar-refractivity contribution is 1.32. The number of nitrogens with one attached hydrogen (secondary N) is 1. The summed E-state index contributed by atoms with van der Waals surface area (Å²) in [7, 11) is 0. The Morgan fingerprint density at radius 2 is 2.05 bits per heavy atom. The molecule has 0 unspecified atom stereocenters. The molecule has 2 aromatic carbocycles. The van der Waals surface area contributed by atoms with E-state index in [9.17, 15) is 0 Å². The first-order valence-electron chi connectivity index (χ1n) is 6.80. The molecule has 5 heteroatoms. The minimum Gasteiger partial charge on any atom is -0.279 e. The summed E-state index contributed by atoms with van der Waals surface area (Å²) in [4.78, 5) is 1.15. The summed E-state index contributed by atoms with van der Waals surface area (Å²) in [5.74, 6) is 0.798. The lowest BCUT2D eigenvalue weighted by Crippen LogP contribution is -2.02. The highest BCUT2D eigenvalue weighted by Crippen LogP contribution is 2.39. The topological polar surface area (TPSA) is 24.4 Å². The number of halogens is 2. The van der Waals surface area contributed by atoms with E-state index in [1.54, 1.807) is 18.0 Å². The molecule has 22 heavy (non-hydrogen) atoms. The average molecular weight is 349 g/mol. The Morgan fingerprint density at radius 3 is 2.86 bits per heavy atom. The lowest BCUT2D eigenvalue weighted by atomic mass is 10.1. The van der Waals surface area contributed by atoms with E-state index in [-0.39, 0.29) is 0 Å². The number of aryl methyl sites for hydroxylation is 1. The summed E-state index contributed by atoms with van der Waals surface area (Å²) in [5, 5.41) is 5.69. The number of fused-ring (bicyclic) bond motifs is 1. The van der Waals surface area contributed by atoms with Crippen molar-refractivity contribution < 1.29 is 0 Å². The van der Waals surface area contributed by atoms with Crippen LogP contribution in [-0.4, -0.2) is 12.0 Å². The molecule has 0 saturated heterocycles. The van der Waals surface area contributed by atoms with Gasteiger partial charge in [-0.3, -0.25) is 5.43 Å². The minimum absolute atomic E-state index is 0.688. The lowest BCUT2D eigenvalue weighted by Gasteiger charge is -2.17. The Hall–Kier alpha value is -1.42. The molecule has 1 N–H and O–H groups in total. The van der Waals surface area contributed by atoms with Gasteiger partial charge < -0.3 is 0 Å². The third-order valence-corrected chi connectivity index (χ3v) is 5.08. The number of hydrazone groups is 1. The van der Waals surface area contributed by atoms with Crippen molar-refractivity contribution >= 4 is 51.9 Å². The summed E-state index contributed by atoms with van der Waals surface area (Å²) in [5.41, 5.74) is 7.14. The molecule has 0 spiro atoms. The van der Waals surface area contributed by atoms with Gasteiger partial charge in [0.05, 0.1) is 16.9 Å². The standard InChI is InChI=1S/C17H14Cl2N2S/c1-11-3-2-4-14(7-11)21-20-9-12-10-22-16-6-5-13(18)8-15(16)17(12)19/h2-9,21H,10H2,1H3/b20-9-. The Labute approximate surface area is 144 Å². The third-order valence-electron chi connectivity index (χ3n) is 3.28. The Kier molecular flexibility index (Phi) is 4.77. The third kappa shape index (κ3) is 3.49. The molecule has 0 atom stereocenters. The van der Waals surface area contributed by atoms with Gasteiger partial charge in [0.2, 0.25) is 0 Å². The van der Waals surface area contributed by atoms with Crippen LogP contribution in [0.3, 0.4) is 0 Å². The molecule has 0 radical (unpaired) electrons. The number of hydrogen-bond acceptors (Lipinski definition) is 3. The maximum Gasteiger partial charge on any atom is 0.0564 e. The van der Waals surface area contributed by atoms with Crippen LogP contribution in [0.4, 0.5) is 5.69 Å². The molecular weight excluding hydrogens is 335 g/mol. The fourth-order valence-corrected chi connectivity index (χ4v) is 3.77. The smallest absolute Gasteiger partial charge is 0.0564 e. The van der Waals surface area contributed by atoms with Crippen molar-refractivity contribution in [3.05, 3.63) is 64.2 Å². The number of rotatable bonds is 3. The van der Waals surface area contributed by atoms with Crippen molar-refractivity contribution in [2.45, 2.75) is 11.8 Å². The number of hydrogen-bond donors (Lipinski definition) is 1. The van der Waals surface area contributed by atoms with Crippen LogP contribution in [0.2, 0.25) is 5.02 Å². The predicted octanol–water partition coefficient (Wildman–Crippen LogP) is 5.80. The van der Waals surface area contributed by atoms with Gasteiger partial charge in [-0.15, -0.1) is 11.8 Å². The van der Waals surface area contributed by atoms with Gasteiger partial charge in [0.25, 0.3) is 0 Å². The first kappa shape index (κ1) is 15.5. The van der Waals surface area contributed by atoms with E-state index in [1.165, 1.54) is 5.56 Å². The second-order valence-corrected chi connectivity index (χ2v) is 6.84. The van der Waals surface area contributed by atoms with E-state index in [4.69, 9.17) is 23.2 Å². The summed E-state index contributed by atoms with van der Waals surface area (Å²) < 4.78 is 0. The number of anilines is 1. The van der Waals surface area contributed by atoms with E-state index in [0.717, 1.165) is 27.5 Å². The van der Waals surface area contributed by atoms with E-state index in [2.05, 4.69) is 10.5 Å². The zero-order valence-corrected chi connectivity index (χ0v) is 14.3. The molecule has 0 fully saturated rings. The highest BCUT2D eigenvalue weighted by Gasteiger charge is 2.17. The van der Waals surface area contributed by atoms with Gasteiger partial charge in [-0.25, -0.2) is 0 Å². The summed E-state index contributed by atoms with van der Waals surface area (Å²) in [6, 6.07) is 13.8. The second-order valence-electron chi connectivity index (χ2n) is 5.01. The molecule has 3 rings (SSSR count). The first-order valence-corrected chi connectivity index (χ1v) is 8.55. The molecule has 0 aromatic heterocycles. The zero-order valence-electron chi connectivity index (χ0n) is 11.9. The van der Waals surface area contributed by atoms with Crippen molar-refractivity contribution in [1.82, 2.24) is 0 Å². The Morgan fingerprint density at radius 1 is 1.18 bits per heavy atom. The number of nitrogens with zero attached hydrogens (tertiary/aromatic N) is 1. The fourth-order valence-electron chi connectivity index (χ4n) is 2.18. The van der Waals surface area contributed by atoms with E-state index >= 15 is 0 Å². The molecule has 0 saturated carbocycles. The van der Waals surface area contributed by atoms with Gasteiger partial charge in [-0.2, -0.15) is 5.10 Å². The van der Waals surface area contributed by atoms with Gasteiger partial charge in [-0.05, 0) is 42.8 Å². The molecule has 1 heterocycles. The molecule has 2 nitrogen and oxygen atoms in total. The van der Waals surface area contributed by atoms with Crippen LogP contribution in [0.5, 0.6) is 0 Å². The Balaban J connectivity index is 1.80. The Bertz CT molecular complexity index is 769. The van der Waals surface area contributed by atoms with Gasteiger partial charge in [0, 0.05) is 26.8 Å². The number of benzene rings is 2. The van der Waals surface area contributed by atoms with Crippen molar-refractivity contribution in [2.24, 2.45) is 5.10 Å². The van der Waals surface area contributed by atoms with Crippen LogP contribution >= 0.6 is 35.0 Å². The summed E-state index contributed by atoms with van der Waals surface area (Å²) in [6.45, 7) is 2.05. The largest absolute Gasteiger partial charge is 0.279 e. The van der Waals surface area contributed by atoms with Gasteiger partial charge in [-0.1, -0.05) is 35.3 Å². The van der Waals surface area contributed by atoms with Crippen LogP contribution in [0.1, 0.15) is 11.1 Å². The maximum atomic E-state index is 6.48. The molecule has 0 bridgehead atoms. The van der Waals surface area contributed by atoms with Crippen LogP contribution < -0.4 is 5.43 Å². The van der Waals surface area contributed by atoms with Crippen LogP contribution in [-0.2, 0) is 0 Å². The van der Waals surface area contributed by atoms with Crippen molar-refractivity contribution in [3.8, 4) is 0 Å². The van der Waals surface area contributed by atoms with Crippen LogP contribution in [0, 0.1) is 6.92 Å². The molecule has 2 aromatic rings. The van der Waals surface area contributed by atoms with Gasteiger partial charge in [0.15, 0.2) is 0 Å². The molecule has 112 valence electrons. The maximum absolute atomic E-state index is 6.48. The molecule has 0 amide bonds. The van der Waals surface area contributed by atoms with Crippen LogP contribution in [0.25, 0.3) is 5.03 Å². The second kappa shape index (κ2) is 6.78. The normalized spacial score (nSPS) is 14.3. The molecule has 0 aliphatic carbocycles. The van der Waals surface area contributed by atoms with E-state index in [0.29, 0.717) is 10.1 Å².